The predicted molar refractivity (Wildman–Crippen MR) is 116 cm³/mol. The van der Waals surface area contributed by atoms with Crippen LogP contribution < -0.4 is 10.1 Å². The molecule has 2 aromatic carbocycles. The summed E-state index contributed by atoms with van der Waals surface area (Å²) < 4.78 is 5.59. The molecule has 1 atom stereocenters. The van der Waals surface area contributed by atoms with Crippen LogP contribution in [0.15, 0.2) is 48.5 Å². The first kappa shape index (κ1) is 23.0. The van der Waals surface area contributed by atoms with E-state index in [4.69, 9.17) is 27.9 Å². The first-order chi connectivity index (χ1) is 13.8. The minimum absolute atomic E-state index is 0.206. The van der Waals surface area contributed by atoms with Gasteiger partial charge in [0.25, 0.3) is 5.91 Å². The smallest absolute Gasteiger partial charge is 0.261 e. The Labute approximate surface area is 181 Å². The SMILES string of the molecule is CC(C)CNC(=O)C(C)N(Cc1cccc(Cl)c1)C(=O)COc1cccc(Cl)c1. The number of amides is 2. The molecule has 2 aromatic rings. The van der Waals surface area contributed by atoms with Crippen molar-refractivity contribution in [3.63, 3.8) is 0 Å². The van der Waals surface area contributed by atoms with Crippen LogP contribution in [0, 0.1) is 5.92 Å². The number of halogens is 2. The van der Waals surface area contributed by atoms with Gasteiger partial charge >= 0.3 is 0 Å². The summed E-state index contributed by atoms with van der Waals surface area (Å²) in [6.45, 7) is 6.31. The molecule has 1 N–H and O–H groups in total. The highest BCUT2D eigenvalue weighted by atomic mass is 35.5. The monoisotopic (exact) mass is 436 g/mol. The normalized spacial score (nSPS) is 11.8. The molecule has 2 rings (SSSR count). The molecule has 0 spiro atoms. The number of hydrogen-bond donors (Lipinski definition) is 1. The molecule has 0 heterocycles. The highest BCUT2D eigenvalue weighted by Gasteiger charge is 2.26. The molecule has 0 bridgehead atoms. The molecule has 0 saturated carbocycles. The number of rotatable bonds is 9. The molecular formula is C22H26Cl2N2O3. The quantitative estimate of drug-likeness (QED) is 0.626. The lowest BCUT2D eigenvalue weighted by molar-refractivity contribution is -0.142. The van der Waals surface area contributed by atoms with Gasteiger partial charge in [-0.15, -0.1) is 0 Å². The minimum atomic E-state index is -0.664. The zero-order valence-electron chi connectivity index (χ0n) is 16.8. The molecule has 156 valence electrons. The standard InChI is InChI=1S/C22H26Cl2N2O3/c1-15(2)12-25-22(28)16(3)26(13-17-6-4-7-18(23)10-17)21(27)14-29-20-9-5-8-19(24)11-20/h4-11,15-16H,12-14H2,1-3H3,(H,25,28). The second kappa shape index (κ2) is 11.1. The van der Waals surface area contributed by atoms with E-state index in [0.29, 0.717) is 28.3 Å². The van der Waals surface area contributed by atoms with Crippen LogP contribution >= 0.6 is 23.2 Å². The molecule has 0 aliphatic heterocycles. The number of ether oxygens (including phenoxy) is 1. The number of carbonyl (C=O) groups is 2. The van der Waals surface area contributed by atoms with Gasteiger partial charge in [-0.25, -0.2) is 0 Å². The van der Waals surface area contributed by atoms with Gasteiger partial charge in [-0.05, 0) is 48.7 Å². The van der Waals surface area contributed by atoms with Crippen LogP contribution in [-0.2, 0) is 16.1 Å². The van der Waals surface area contributed by atoms with E-state index in [2.05, 4.69) is 5.32 Å². The number of hydrogen-bond acceptors (Lipinski definition) is 3. The predicted octanol–water partition coefficient (Wildman–Crippen LogP) is 4.56. The maximum absolute atomic E-state index is 12.9. The van der Waals surface area contributed by atoms with Crippen LogP contribution in [0.1, 0.15) is 26.3 Å². The zero-order chi connectivity index (χ0) is 21.4. The highest BCUT2D eigenvalue weighted by Crippen LogP contribution is 2.18. The van der Waals surface area contributed by atoms with Crippen LogP contribution in [-0.4, -0.2) is 35.9 Å². The molecule has 0 aliphatic carbocycles. The van der Waals surface area contributed by atoms with Crippen molar-refractivity contribution in [1.29, 1.82) is 0 Å². The Hall–Kier alpha value is -2.24. The summed E-state index contributed by atoms with van der Waals surface area (Å²) >= 11 is 12.0. The van der Waals surface area contributed by atoms with Crippen LogP contribution in [0.4, 0.5) is 0 Å². The Morgan fingerprint density at radius 3 is 2.31 bits per heavy atom. The molecule has 0 saturated heterocycles. The molecule has 0 radical (unpaired) electrons. The zero-order valence-corrected chi connectivity index (χ0v) is 18.3. The summed E-state index contributed by atoms with van der Waals surface area (Å²) in [5, 5.41) is 3.97. The van der Waals surface area contributed by atoms with Crippen molar-refractivity contribution in [2.45, 2.75) is 33.4 Å². The second-order valence-electron chi connectivity index (χ2n) is 7.21. The average Bonchev–Trinajstić information content (AvgIpc) is 2.68. The summed E-state index contributed by atoms with van der Waals surface area (Å²) in [5.41, 5.74) is 0.831. The van der Waals surface area contributed by atoms with Gasteiger partial charge < -0.3 is 15.0 Å². The fourth-order valence-electron chi connectivity index (χ4n) is 2.65. The Kier molecular flexibility index (Phi) is 8.80. The third-order valence-electron chi connectivity index (χ3n) is 4.25. The van der Waals surface area contributed by atoms with Crippen molar-refractivity contribution in [1.82, 2.24) is 10.2 Å². The first-order valence-corrected chi connectivity index (χ1v) is 10.2. The number of nitrogens with one attached hydrogen (secondary N) is 1. The van der Waals surface area contributed by atoms with Crippen molar-refractivity contribution in [3.05, 3.63) is 64.1 Å². The number of nitrogens with zero attached hydrogens (tertiary/aromatic N) is 1. The lowest BCUT2D eigenvalue weighted by Gasteiger charge is -2.29. The van der Waals surface area contributed by atoms with Crippen LogP contribution in [0.2, 0.25) is 10.0 Å². The van der Waals surface area contributed by atoms with Gasteiger partial charge in [0.1, 0.15) is 11.8 Å². The molecule has 0 aromatic heterocycles. The second-order valence-corrected chi connectivity index (χ2v) is 8.09. The molecule has 29 heavy (non-hydrogen) atoms. The molecule has 1 unspecified atom stereocenters. The van der Waals surface area contributed by atoms with Gasteiger partial charge in [-0.3, -0.25) is 9.59 Å². The Bertz CT molecular complexity index is 842. The summed E-state index contributed by atoms with van der Waals surface area (Å²) in [4.78, 5) is 27.0. The Morgan fingerprint density at radius 1 is 1.03 bits per heavy atom. The highest BCUT2D eigenvalue weighted by molar-refractivity contribution is 6.30. The summed E-state index contributed by atoms with van der Waals surface area (Å²) in [6, 6.07) is 13.4. The summed E-state index contributed by atoms with van der Waals surface area (Å²) in [5.74, 6) is 0.286. The van der Waals surface area contributed by atoms with Gasteiger partial charge in [0.05, 0.1) is 0 Å². The topological polar surface area (TPSA) is 58.6 Å². The van der Waals surface area contributed by atoms with Gasteiger partial charge in [0.15, 0.2) is 6.61 Å². The fraction of sp³-hybridized carbons (Fsp3) is 0.364. The Balaban J connectivity index is 2.13. The van der Waals surface area contributed by atoms with Crippen molar-refractivity contribution < 1.29 is 14.3 Å². The molecule has 5 nitrogen and oxygen atoms in total. The van der Waals surface area contributed by atoms with Gasteiger partial charge in [-0.2, -0.15) is 0 Å². The number of benzene rings is 2. The minimum Gasteiger partial charge on any atom is -0.484 e. The third kappa shape index (κ3) is 7.59. The van der Waals surface area contributed by atoms with Crippen molar-refractivity contribution in [2.75, 3.05) is 13.2 Å². The maximum Gasteiger partial charge on any atom is 0.261 e. The van der Waals surface area contributed by atoms with Crippen molar-refractivity contribution in [3.8, 4) is 5.75 Å². The lowest BCUT2D eigenvalue weighted by atomic mass is 10.1. The van der Waals surface area contributed by atoms with E-state index in [1.54, 1.807) is 43.3 Å². The maximum atomic E-state index is 12.9. The first-order valence-electron chi connectivity index (χ1n) is 9.46. The molecule has 0 fully saturated rings. The summed E-state index contributed by atoms with van der Waals surface area (Å²) in [7, 11) is 0. The van der Waals surface area contributed by atoms with Gasteiger partial charge in [0, 0.05) is 23.1 Å². The van der Waals surface area contributed by atoms with Crippen LogP contribution in [0.3, 0.4) is 0 Å². The molecule has 2 amide bonds. The van der Waals surface area contributed by atoms with Crippen LogP contribution in [0.25, 0.3) is 0 Å². The van der Waals surface area contributed by atoms with E-state index in [0.717, 1.165) is 5.56 Å². The van der Waals surface area contributed by atoms with E-state index in [-0.39, 0.29) is 25.0 Å². The summed E-state index contributed by atoms with van der Waals surface area (Å²) in [6.07, 6.45) is 0. The van der Waals surface area contributed by atoms with E-state index in [1.165, 1.54) is 4.90 Å². The molecule has 7 heteroatoms. The van der Waals surface area contributed by atoms with E-state index in [9.17, 15) is 9.59 Å². The van der Waals surface area contributed by atoms with E-state index < -0.39 is 6.04 Å². The lowest BCUT2D eigenvalue weighted by Crippen LogP contribution is -2.49. The largest absolute Gasteiger partial charge is 0.484 e. The van der Waals surface area contributed by atoms with E-state index in [1.807, 2.05) is 26.0 Å². The van der Waals surface area contributed by atoms with E-state index >= 15 is 0 Å². The van der Waals surface area contributed by atoms with Gasteiger partial charge in [0.2, 0.25) is 5.91 Å². The van der Waals surface area contributed by atoms with Crippen molar-refractivity contribution >= 4 is 35.0 Å². The van der Waals surface area contributed by atoms with Crippen molar-refractivity contribution in [2.24, 2.45) is 5.92 Å². The van der Waals surface area contributed by atoms with Gasteiger partial charge in [-0.1, -0.05) is 55.2 Å². The fourth-order valence-corrected chi connectivity index (χ4v) is 3.04. The average molecular weight is 437 g/mol. The molecule has 0 aliphatic rings. The molecular weight excluding hydrogens is 411 g/mol. The third-order valence-corrected chi connectivity index (χ3v) is 4.72. The van der Waals surface area contributed by atoms with Crippen LogP contribution in [0.5, 0.6) is 5.75 Å². The number of carbonyl (C=O) groups excluding carboxylic acids is 2. The Morgan fingerprint density at radius 2 is 1.69 bits per heavy atom.